The lowest BCUT2D eigenvalue weighted by Gasteiger charge is -2.37. The van der Waals surface area contributed by atoms with E-state index in [4.69, 9.17) is 11.6 Å². The highest BCUT2D eigenvalue weighted by Crippen LogP contribution is 2.23. The van der Waals surface area contributed by atoms with E-state index in [-0.39, 0.29) is 6.04 Å². The van der Waals surface area contributed by atoms with E-state index in [1.165, 1.54) is 0 Å². The Morgan fingerprint density at radius 1 is 1.35 bits per heavy atom. The van der Waals surface area contributed by atoms with Crippen LogP contribution in [0.25, 0.3) is 0 Å². The van der Waals surface area contributed by atoms with Crippen molar-refractivity contribution in [1.82, 2.24) is 9.21 Å². The van der Waals surface area contributed by atoms with Gasteiger partial charge in [-0.15, -0.1) is 11.6 Å². The molecule has 0 radical (unpaired) electrons. The third-order valence-electron chi connectivity index (χ3n) is 3.84. The first-order valence-electron chi connectivity index (χ1n) is 6.72. The van der Waals surface area contributed by atoms with Gasteiger partial charge in [-0.3, -0.25) is 0 Å². The number of piperazine rings is 1. The number of aryl methyl sites for hydroxylation is 1. The zero-order chi connectivity index (χ0) is 14.9. The fraction of sp³-hybridized carbons (Fsp3) is 0.571. The number of hydrogen-bond acceptors (Lipinski definition) is 3. The summed E-state index contributed by atoms with van der Waals surface area (Å²) in [6.45, 7) is 5.94. The monoisotopic (exact) mass is 316 g/mol. The van der Waals surface area contributed by atoms with Gasteiger partial charge in [-0.2, -0.15) is 4.31 Å². The van der Waals surface area contributed by atoms with Gasteiger partial charge in [0.2, 0.25) is 10.0 Å². The maximum atomic E-state index is 12.7. The van der Waals surface area contributed by atoms with Crippen molar-refractivity contribution in [2.24, 2.45) is 0 Å². The van der Waals surface area contributed by atoms with Crippen molar-refractivity contribution in [3.63, 3.8) is 0 Å². The molecule has 1 aliphatic rings. The van der Waals surface area contributed by atoms with E-state index in [2.05, 4.69) is 4.90 Å². The van der Waals surface area contributed by atoms with Crippen LogP contribution >= 0.6 is 11.6 Å². The summed E-state index contributed by atoms with van der Waals surface area (Å²) in [5.41, 5.74) is 1.89. The SMILES string of the molecule is Cc1ccc(S(=O)(=O)N2CCN(C)CC2C)cc1CCl. The quantitative estimate of drug-likeness (QED) is 0.801. The number of nitrogens with zero attached hydrogens (tertiary/aromatic N) is 2. The van der Waals surface area contributed by atoms with Gasteiger partial charge >= 0.3 is 0 Å². The van der Waals surface area contributed by atoms with Crippen LogP contribution in [0.15, 0.2) is 23.1 Å². The second kappa shape index (κ2) is 6.02. The summed E-state index contributed by atoms with van der Waals surface area (Å²) < 4.78 is 27.1. The number of alkyl halides is 1. The molecular weight excluding hydrogens is 296 g/mol. The number of likely N-dealkylation sites (N-methyl/N-ethyl adjacent to an activating group) is 1. The average molecular weight is 317 g/mol. The maximum Gasteiger partial charge on any atom is 0.243 e. The lowest BCUT2D eigenvalue weighted by atomic mass is 10.1. The Balaban J connectivity index is 2.35. The summed E-state index contributed by atoms with van der Waals surface area (Å²) in [6.07, 6.45) is 0. The molecule has 1 aromatic carbocycles. The molecule has 1 aliphatic heterocycles. The molecule has 0 aromatic heterocycles. The summed E-state index contributed by atoms with van der Waals surface area (Å²) in [6, 6.07) is 5.18. The molecule has 4 nitrogen and oxygen atoms in total. The van der Waals surface area contributed by atoms with E-state index < -0.39 is 10.0 Å². The second-order valence-electron chi connectivity index (χ2n) is 5.45. The van der Waals surface area contributed by atoms with Gasteiger partial charge < -0.3 is 4.90 Å². The summed E-state index contributed by atoms with van der Waals surface area (Å²) >= 11 is 5.87. The zero-order valence-electron chi connectivity index (χ0n) is 12.1. The van der Waals surface area contributed by atoms with Gasteiger partial charge in [-0.1, -0.05) is 6.07 Å². The van der Waals surface area contributed by atoms with Crippen LogP contribution in [0.5, 0.6) is 0 Å². The van der Waals surface area contributed by atoms with Crippen molar-refractivity contribution in [3.05, 3.63) is 29.3 Å². The highest BCUT2D eigenvalue weighted by atomic mass is 35.5. The Hall–Kier alpha value is -0.620. The van der Waals surface area contributed by atoms with Crippen molar-refractivity contribution < 1.29 is 8.42 Å². The number of hydrogen-bond donors (Lipinski definition) is 0. The molecule has 1 unspecified atom stereocenters. The van der Waals surface area contributed by atoms with Gasteiger partial charge in [0.25, 0.3) is 0 Å². The minimum absolute atomic E-state index is 0.0143. The van der Waals surface area contributed by atoms with E-state index in [0.717, 1.165) is 24.2 Å². The normalized spacial score (nSPS) is 22.1. The third kappa shape index (κ3) is 3.01. The van der Waals surface area contributed by atoms with Crippen LogP contribution in [-0.4, -0.2) is 50.3 Å². The molecule has 0 aliphatic carbocycles. The smallest absolute Gasteiger partial charge is 0.243 e. The van der Waals surface area contributed by atoms with Crippen LogP contribution < -0.4 is 0 Å². The van der Waals surface area contributed by atoms with E-state index in [9.17, 15) is 8.42 Å². The highest BCUT2D eigenvalue weighted by Gasteiger charge is 2.32. The number of rotatable bonds is 3. The molecule has 1 atom stereocenters. The van der Waals surface area contributed by atoms with Crippen molar-refractivity contribution in [3.8, 4) is 0 Å². The van der Waals surface area contributed by atoms with Crippen LogP contribution in [0, 0.1) is 6.92 Å². The molecule has 1 aromatic rings. The van der Waals surface area contributed by atoms with Crippen LogP contribution in [-0.2, 0) is 15.9 Å². The molecule has 0 spiro atoms. The van der Waals surface area contributed by atoms with Crippen LogP contribution in [0.2, 0.25) is 0 Å². The molecular formula is C14H21ClN2O2S. The predicted octanol–water partition coefficient (Wildman–Crippen LogP) is 2.06. The summed E-state index contributed by atoms with van der Waals surface area (Å²) in [5.74, 6) is 0.327. The Morgan fingerprint density at radius 3 is 2.65 bits per heavy atom. The van der Waals surface area contributed by atoms with Crippen LogP contribution in [0.3, 0.4) is 0 Å². The first-order chi connectivity index (χ1) is 9.36. The van der Waals surface area contributed by atoms with Gasteiger partial charge in [0.05, 0.1) is 4.90 Å². The lowest BCUT2D eigenvalue weighted by molar-refractivity contribution is 0.170. The molecule has 2 rings (SSSR count). The summed E-state index contributed by atoms with van der Waals surface area (Å²) in [5, 5.41) is 0. The van der Waals surface area contributed by atoms with E-state index in [1.54, 1.807) is 16.4 Å². The third-order valence-corrected chi connectivity index (χ3v) is 6.14. The molecule has 0 bridgehead atoms. The molecule has 20 heavy (non-hydrogen) atoms. The van der Waals surface area contributed by atoms with Crippen molar-refractivity contribution in [1.29, 1.82) is 0 Å². The average Bonchev–Trinajstić information content (AvgIpc) is 2.38. The standard InChI is InChI=1S/C14H21ClN2O2S/c1-11-4-5-14(8-13(11)9-15)20(18,19)17-7-6-16(3)10-12(17)2/h4-5,8,12H,6-7,9-10H2,1-3H3. The maximum absolute atomic E-state index is 12.7. The van der Waals surface area contributed by atoms with Crippen LogP contribution in [0.1, 0.15) is 18.1 Å². The van der Waals surface area contributed by atoms with Gasteiger partial charge in [-0.25, -0.2) is 8.42 Å². The van der Waals surface area contributed by atoms with E-state index in [1.807, 2.05) is 27.0 Å². The molecule has 112 valence electrons. The first kappa shape index (κ1) is 15.8. The molecule has 0 N–H and O–H groups in total. The molecule has 6 heteroatoms. The summed E-state index contributed by atoms with van der Waals surface area (Å²) in [7, 11) is -1.42. The number of halogens is 1. The van der Waals surface area contributed by atoms with Crippen molar-refractivity contribution >= 4 is 21.6 Å². The Bertz CT molecular complexity index is 589. The highest BCUT2D eigenvalue weighted by molar-refractivity contribution is 7.89. The number of sulfonamides is 1. The fourth-order valence-electron chi connectivity index (χ4n) is 2.57. The Labute approximate surface area is 126 Å². The van der Waals surface area contributed by atoms with Crippen molar-refractivity contribution in [2.75, 3.05) is 26.7 Å². The lowest BCUT2D eigenvalue weighted by Crippen LogP contribution is -2.52. The molecule has 1 fully saturated rings. The predicted molar refractivity (Wildman–Crippen MR) is 81.6 cm³/mol. The minimum atomic E-state index is -3.44. The second-order valence-corrected chi connectivity index (χ2v) is 7.61. The largest absolute Gasteiger partial charge is 0.303 e. The van der Waals surface area contributed by atoms with E-state index >= 15 is 0 Å². The van der Waals surface area contributed by atoms with Gasteiger partial charge in [0.1, 0.15) is 0 Å². The molecule has 1 heterocycles. The summed E-state index contributed by atoms with van der Waals surface area (Å²) in [4.78, 5) is 2.49. The molecule has 0 saturated carbocycles. The molecule has 1 saturated heterocycles. The minimum Gasteiger partial charge on any atom is -0.303 e. The van der Waals surface area contributed by atoms with Gasteiger partial charge in [0.15, 0.2) is 0 Å². The Morgan fingerprint density at radius 2 is 2.05 bits per heavy atom. The Kier molecular flexibility index (Phi) is 4.74. The fourth-order valence-corrected chi connectivity index (χ4v) is 4.52. The number of benzene rings is 1. The van der Waals surface area contributed by atoms with Gasteiger partial charge in [0, 0.05) is 31.6 Å². The zero-order valence-corrected chi connectivity index (χ0v) is 13.7. The van der Waals surface area contributed by atoms with Gasteiger partial charge in [-0.05, 0) is 44.2 Å². The topological polar surface area (TPSA) is 40.6 Å². The van der Waals surface area contributed by atoms with Crippen LogP contribution in [0.4, 0.5) is 0 Å². The van der Waals surface area contributed by atoms with Crippen molar-refractivity contribution in [2.45, 2.75) is 30.7 Å². The first-order valence-corrected chi connectivity index (χ1v) is 8.69. The van der Waals surface area contributed by atoms with E-state index in [0.29, 0.717) is 17.3 Å². The molecule has 0 amide bonds.